The molecule has 0 saturated carbocycles. The maximum atomic E-state index is 13.0. The van der Waals surface area contributed by atoms with Crippen LogP contribution in [0.3, 0.4) is 0 Å². The lowest BCUT2D eigenvalue weighted by Gasteiger charge is -2.34. The number of rotatable bonds is 8. The van der Waals surface area contributed by atoms with Crippen molar-refractivity contribution in [2.45, 2.75) is 33.4 Å². The number of thiophene rings is 1. The van der Waals surface area contributed by atoms with Gasteiger partial charge in [-0.25, -0.2) is 0 Å². The van der Waals surface area contributed by atoms with E-state index < -0.39 is 0 Å². The van der Waals surface area contributed by atoms with E-state index in [1.165, 1.54) is 10.6 Å². The van der Waals surface area contributed by atoms with E-state index in [0.717, 1.165) is 62.6 Å². The molecule has 3 aromatic rings. The Morgan fingerprint density at radius 1 is 1.07 bits per heavy atom. The molecule has 1 saturated heterocycles. The summed E-state index contributed by atoms with van der Waals surface area (Å²) in [5.41, 5.74) is 4.27. The molecule has 4 heterocycles. The third kappa shape index (κ3) is 5.06. The zero-order chi connectivity index (χ0) is 20.9. The molecule has 0 atom stereocenters. The molecule has 0 aromatic carbocycles. The third-order valence-corrected chi connectivity index (χ3v) is 6.92. The highest BCUT2D eigenvalue weighted by Gasteiger charge is 2.22. The minimum absolute atomic E-state index is 0.239. The molecular weight excluding hydrogens is 392 g/mol. The summed E-state index contributed by atoms with van der Waals surface area (Å²) in [6.45, 7) is 10.3. The van der Waals surface area contributed by atoms with Crippen molar-refractivity contribution in [2.75, 3.05) is 32.7 Å². The number of hydrogen-bond donors (Lipinski definition) is 0. The molecule has 0 N–H and O–H groups in total. The number of Topliss-reactive ketones (excluding diaryl/α,β-unsaturated/α-hetero) is 1. The molecule has 1 fully saturated rings. The first-order valence-corrected chi connectivity index (χ1v) is 11.5. The summed E-state index contributed by atoms with van der Waals surface area (Å²) in [5.74, 6) is 0.239. The van der Waals surface area contributed by atoms with Gasteiger partial charge < -0.3 is 4.57 Å². The number of aromatic nitrogens is 2. The quantitative estimate of drug-likeness (QED) is 0.518. The van der Waals surface area contributed by atoms with Crippen LogP contribution >= 0.6 is 11.3 Å². The number of aryl methyl sites for hydroxylation is 2. The van der Waals surface area contributed by atoms with Crippen LogP contribution in [-0.4, -0.2) is 57.9 Å². The Kier molecular flexibility index (Phi) is 6.77. The fourth-order valence-corrected chi connectivity index (χ4v) is 4.92. The van der Waals surface area contributed by atoms with E-state index in [4.69, 9.17) is 0 Å². The SMILES string of the molecule is Cc1cc(C(=O)CN2CCN(Cc3ccccn3)CC2)c(C)n1CCc1cccs1. The summed E-state index contributed by atoms with van der Waals surface area (Å²) in [4.78, 5) is 23.5. The van der Waals surface area contributed by atoms with Gasteiger partial charge in [0.25, 0.3) is 0 Å². The Bertz CT molecular complexity index is 957. The van der Waals surface area contributed by atoms with Crippen LogP contribution in [0.2, 0.25) is 0 Å². The zero-order valence-electron chi connectivity index (χ0n) is 17.9. The van der Waals surface area contributed by atoms with Crippen LogP contribution in [-0.2, 0) is 19.5 Å². The van der Waals surface area contributed by atoms with Crippen molar-refractivity contribution in [3.8, 4) is 0 Å². The van der Waals surface area contributed by atoms with Gasteiger partial charge in [-0.2, -0.15) is 0 Å². The summed E-state index contributed by atoms with van der Waals surface area (Å²) in [7, 11) is 0. The van der Waals surface area contributed by atoms with Gasteiger partial charge in [0.05, 0.1) is 12.2 Å². The molecule has 6 heteroatoms. The first-order chi connectivity index (χ1) is 14.6. The van der Waals surface area contributed by atoms with Crippen LogP contribution in [0.1, 0.15) is 32.3 Å². The Morgan fingerprint density at radius 3 is 2.57 bits per heavy atom. The van der Waals surface area contributed by atoms with Crippen LogP contribution in [0.5, 0.6) is 0 Å². The smallest absolute Gasteiger partial charge is 0.178 e. The molecule has 1 aliphatic rings. The normalized spacial score (nSPS) is 15.5. The second kappa shape index (κ2) is 9.69. The van der Waals surface area contributed by atoms with Gasteiger partial charge in [0.15, 0.2) is 5.78 Å². The van der Waals surface area contributed by atoms with Gasteiger partial charge in [-0.15, -0.1) is 11.3 Å². The number of pyridine rings is 1. The highest BCUT2D eigenvalue weighted by molar-refractivity contribution is 7.09. The number of nitrogens with zero attached hydrogens (tertiary/aromatic N) is 4. The van der Waals surface area contributed by atoms with Gasteiger partial charge in [-0.05, 0) is 49.9 Å². The monoisotopic (exact) mass is 422 g/mol. The summed E-state index contributed by atoms with van der Waals surface area (Å²) < 4.78 is 2.29. The maximum Gasteiger partial charge on any atom is 0.178 e. The average Bonchev–Trinajstić information content (AvgIpc) is 3.37. The Hall–Kier alpha value is -2.28. The average molecular weight is 423 g/mol. The van der Waals surface area contributed by atoms with Gasteiger partial charge in [0, 0.05) is 67.3 Å². The number of carbonyl (C=O) groups is 1. The van der Waals surface area contributed by atoms with Crippen molar-refractivity contribution >= 4 is 17.1 Å². The third-order valence-electron chi connectivity index (χ3n) is 5.98. The Labute approximate surface area is 183 Å². The predicted octanol–water partition coefficient (Wildman–Crippen LogP) is 3.80. The van der Waals surface area contributed by atoms with E-state index in [2.05, 4.69) is 62.8 Å². The summed E-state index contributed by atoms with van der Waals surface area (Å²) in [5, 5.41) is 2.12. The number of carbonyl (C=O) groups excluding carboxylic acids is 1. The van der Waals surface area contributed by atoms with E-state index in [1.807, 2.05) is 18.3 Å². The van der Waals surface area contributed by atoms with E-state index in [1.54, 1.807) is 11.3 Å². The molecule has 0 aliphatic carbocycles. The van der Waals surface area contributed by atoms with Gasteiger partial charge >= 0.3 is 0 Å². The maximum absolute atomic E-state index is 13.0. The Morgan fingerprint density at radius 2 is 1.87 bits per heavy atom. The molecule has 0 radical (unpaired) electrons. The molecule has 0 bridgehead atoms. The van der Waals surface area contributed by atoms with Crippen LogP contribution in [0, 0.1) is 13.8 Å². The van der Waals surface area contributed by atoms with Crippen molar-refractivity contribution in [2.24, 2.45) is 0 Å². The topological polar surface area (TPSA) is 41.4 Å². The van der Waals surface area contributed by atoms with Crippen LogP contribution < -0.4 is 0 Å². The first-order valence-electron chi connectivity index (χ1n) is 10.7. The summed E-state index contributed by atoms with van der Waals surface area (Å²) in [6, 6.07) is 12.4. The molecule has 4 rings (SSSR count). The minimum Gasteiger partial charge on any atom is -0.348 e. The van der Waals surface area contributed by atoms with Gasteiger partial charge in [-0.3, -0.25) is 19.6 Å². The molecule has 3 aromatic heterocycles. The number of ketones is 1. The van der Waals surface area contributed by atoms with Crippen molar-refractivity contribution in [1.29, 1.82) is 0 Å². The molecule has 0 amide bonds. The largest absolute Gasteiger partial charge is 0.348 e. The van der Waals surface area contributed by atoms with Gasteiger partial charge in [0.1, 0.15) is 0 Å². The van der Waals surface area contributed by atoms with Gasteiger partial charge in [0.2, 0.25) is 0 Å². The molecule has 1 aliphatic heterocycles. The number of hydrogen-bond acceptors (Lipinski definition) is 5. The van der Waals surface area contributed by atoms with Crippen molar-refractivity contribution in [3.05, 3.63) is 75.5 Å². The van der Waals surface area contributed by atoms with E-state index in [9.17, 15) is 4.79 Å². The van der Waals surface area contributed by atoms with E-state index in [-0.39, 0.29) is 5.78 Å². The molecule has 5 nitrogen and oxygen atoms in total. The summed E-state index contributed by atoms with van der Waals surface area (Å²) >= 11 is 1.80. The minimum atomic E-state index is 0.239. The molecule has 0 spiro atoms. The predicted molar refractivity (Wildman–Crippen MR) is 122 cm³/mol. The van der Waals surface area contributed by atoms with Crippen molar-refractivity contribution < 1.29 is 4.79 Å². The standard InChI is InChI=1S/C24H30N4OS/c1-19-16-23(20(2)28(19)10-8-22-7-5-15-30-22)24(29)18-27-13-11-26(12-14-27)17-21-6-3-4-9-25-21/h3-7,9,15-16H,8,10-14,17-18H2,1-2H3. The highest BCUT2D eigenvalue weighted by atomic mass is 32.1. The lowest BCUT2D eigenvalue weighted by molar-refractivity contribution is 0.0841. The molecular formula is C24H30N4OS. The van der Waals surface area contributed by atoms with E-state index >= 15 is 0 Å². The van der Waals surface area contributed by atoms with Crippen molar-refractivity contribution in [3.63, 3.8) is 0 Å². The Balaban J connectivity index is 1.30. The van der Waals surface area contributed by atoms with Crippen LogP contribution in [0.4, 0.5) is 0 Å². The highest BCUT2D eigenvalue weighted by Crippen LogP contribution is 2.19. The second-order valence-corrected chi connectivity index (χ2v) is 9.09. The second-order valence-electron chi connectivity index (χ2n) is 8.06. The lowest BCUT2D eigenvalue weighted by atomic mass is 10.1. The molecule has 0 unspecified atom stereocenters. The molecule has 30 heavy (non-hydrogen) atoms. The zero-order valence-corrected chi connectivity index (χ0v) is 18.7. The van der Waals surface area contributed by atoms with Crippen LogP contribution in [0.15, 0.2) is 48.0 Å². The van der Waals surface area contributed by atoms with E-state index in [0.29, 0.717) is 6.54 Å². The fraction of sp³-hybridized carbons (Fsp3) is 0.417. The first kappa shape index (κ1) is 21.0. The lowest BCUT2D eigenvalue weighted by Crippen LogP contribution is -2.47. The van der Waals surface area contributed by atoms with Gasteiger partial charge in [-0.1, -0.05) is 12.1 Å². The fourth-order valence-electron chi connectivity index (χ4n) is 4.22. The van der Waals surface area contributed by atoms with Crippen LogP contribution in [0.25, 0.3) is 0 Å². The number of piperazine rings is 1. The van der Waals surface area contributed by atoms with Crippen molar-refractivity contribution in [1.82, 2.24) is 19.4 Å². The molecule has 158 valence electrons. The summed E-state index contributed by atoms with van der Waals surface area (Å²) in [6.07, 6.45) is 2.86.